The van der Waals surface area contributed by atoms with Crippen molar-refractivity contribution in [2.45, 2.75) is 25.7 Å². The SMILES string of the molecule is COC(=O)c1ccc(C(=O)OC)c(NC(=O)[C@@H]2C[C@@H]3CC[C@@H]2C3)c1. The summed E-state index contributed by atoms with van der Waals surface area (Å²) in [6.07, 6.45) is 4.32. The number of carbonyl (C=O) groups is 3. The van der Waals surface area contributed by atoms with E-state index in [0.29, 0.717) is 11.8 Å². The molecule has 0 radical (unpaired) electrons. The molecule has 0 heterocycles. The maximum Gasteiger partial charge on any atom is 0.339 e. The lowest BCUT2D eigenvalue weighted by Crippen LogP contribution is -2.28. The Morgan fingerprint density at radius 3 is 2.38 bits per heavy atom. The molecule has 2 saturated carbocycles. The monoisotopic (exact) mass is 331 g/mol. The van der Waals surface area contributed by atoms with Gasteiger partial charge in [0.1, 0.15) is 0 Å². The molecule has 6 heteroatoms. The van der Waals surface area contributed by atoms with Crippen LogP contribution in [0.2, 0.25) is 0 Å². The molecule has 2 bridgehead atoms. The van der Waals surface area contributed by atoms with Gasteiger partial charge in [0, 0.05) is 5.92 Å². The van der Waals surface area contributed by atoms with Crippen molar-refractivity contribution in [3.63, 3.8) is 0 Å². The molecule has 0 unspecified atom stereocenters. The summed E-state index contributed by atoms with van der Waals surface area (Å²) in [5.74, 6) is -0.116. The molecule has 0 saturated heterocycles. The summed E-state index contributed by atoms with van der Waals surface area (Å²) in [6.45, 7) is 0. The van der Waals surface area contributed by atoms with Crippen LogP contribution in [0.1, 0.15) is 46.4 Å². The summed E-state index contributed by atoms with van der Waals surface area (Å²) in [7, 11) is 2.56. The van der Waals surface area contributed by atoms with Crippen molar-refractivity contribution >= 4 is 23.5 Å². The molecule has 2 fully saturated rings. The minimum atomic E-state index is -0.561. The van der Waals surface area contributed by atoms with Crippen molar-refractivity contribution in [3.05, 3.63) is 29.3 Å². The molecular formula is C18H21NO5. The molecule has 128 valence electrons. The number of amides is 1. The minimum Gasteiger partial charge on any atom is -0.465 e. The molecule has 3 atom stereocenters. The Morgan fingerprint density at radius 2 is 1.79 bits per heavy atom. The van der Waals surface area contributed by atoms with E-state index in [2.05, 4.69) is 5.32 Å². The zero-order valence-electron chi connectivity index (χ0n) is 13.8. The average molecular weight is 331 g/mol. The number of fused-ring (bicyclic) bond motifs is 2. The zero-order valence-corrected chi connectivity index (χ0v) is 13.8. The maximum atomic E-state index is 12.6. The number of hydrogen-bond acceptors (Lipinski definition) is 5. The second-order valence-corrected chi connectivity index (χ2v) is 6.51. The smallest absolute Gasteiger partial charge is 0.339 e. The Labute approximate surface area is 140 Å². The van der Waals surface area contributed by atoms with E-state index in [1.165, 1.54) is 38.8 Å². The van der Waals surface area contributed by atoms with Gasteiger partial charge in [0.25, 0.3) is 0 Å². The van der Waals surface area contributed by atoms with E-state index in [0.717, 1.165) is 19.3 Å². The first-order valence-electron chi connectivity index (χ1n) is 8.15. The predicted molar refractivity (Wildman–Crippen MR) is 86.7 cm³/mol. The number of hydrogen-bond donors (Lipinski definition) is 1. The molecule has 2 aliphatic carbocycles. The predicted octanol–water partition coefficient (Wildman–Crippen LogP) is 2.63. The Balaban J connectivity index is 1.85. The third-order valence-electron chi connectivity index (χ3n) is 5.18. The number of methoxy groups -OCH3 is 2. The summed E-state index contributed by atoms with van der Waals surface area (Å²) in [4.78, 5) is 36.3. The molecule has 1 amide bonds. The first-order chi connectivity index (χ1) is 11.5. The van der Waals surface area contributed by atoms with Gasteiger partial charge in [0.05, 0.1) is 31.0 Å². The number of rotatable bonds is 4. The number of benzene rings is 1. The van der Waals surface area contributed by atoms with Crippen LogP contribution in [0.5, 0.6) is 0 Å². The van der Waals surface area contributed by atoms with Crippen molar-refractivity contribution in [2.24, 2.45) is 17.8 Å². The lowest BCUT2D eigenvalue weighted by molar-refractivity contribution is -0.121. The standard InChI is InChI=1S/C18H21NO5/c1-23-17(21)12-5-6-13(18(22)24-2)15(9-12)19-16(20)14-8-10-3-4-11(14)7-10/h5-6,9-11,14H,3-4,7-8H2,1-2H3,(H,19,20)/t10-,11-,14-/m1/s1. The molecule has 2 aliphatic rings. The van der Waals surface area contributed by atoms with Gasteiger partial charge in [-0.15, -0.1) is 0 Å². The van der Waals surface area contributed by atoms with Gasteiger partial charge >= 0.3 is 11.9 Å². The highest BCUT2D eigenvalue weighted by molar-refractivity contribution is 6.04. The van der Waals surface area contributed by atoms with Gasteiger partial charge in [-0.1, -0.05) is 6.42 Å². The molecule has 0 aliphatic heterocycles. The Hall–Kier alpha value is -2.37. The fourth-order valence-corrected chi connectivity index (χ4v) is 3.97. The zero-order chi connectivity index (χ0) is 17.3. The molecule has 6 nitrogen and oxygen atoms in total. The van der Waals surface area contributed by atoms with Gasteiger partial charge in [-0.05, 0) is 49.3 Å². The number of carbonyl (C=O) groups excluding carboxylic acids is 3. The van der Waals surface area contributed by atoms with Crippen LogP contribution in [0.25, 0.3) is 0 Å². The second-order valence-electron chi connectivity index (χ2n) is 6.51. The molecule has 1 aromatic carbocycles. The fraction of sp³-hybridized carbons (Fsp3) is 0.500. The first-order valence-corrected chi connectivity index (χ1v) is 8.15. The Kier molecular flexibility index (Phi) is 4.55. The molecular weight excluding hydrogens is 310 g/mol. The van der Waals surface area contributed by atoms with Gasteiger partial charge in [-0.25, -0.2) is 9.59 Å². The molecule has 1 N–H and O–H groups in total. The number of nitrogens with one attached hydrogen (secondary N) is 1. The van der Waals surface area contributed by atoms with Crippen LogP contribution < -0.4 is 5.32 Å². The van der Waals surface area contributed by atoms with Gasteiger partial charge in [-0.2, -0.15) is 0 Å². The van der Waals surface area contributed by atoms with Crippen LogP contribution in [-0.2, 0) is 14.3 Å². The molecule has 0 spiro atoms. The van der Waals surface area contributed by atoms with Gasteiger partial charge < -0.3 is 14.8 Å². The van der Waals surface area contributed by atoms with E-state index in [1.807, 2.05) is 0 Å². The highest BCUT2D eigenvalue weighted by Gasteiger charge is 2.43. The molecule has 0 aromatic heterocycles. The largest absolute Gasteiger partial charge is 0.465 e. The normalized spacial score (nSPS) is 24.5. The van der Waals surface area contributed by atoms with Crippen LogP contribution in [0.4, 0.5) is 5.69 Å². The summed E-state index contributed by atoms with van der Waals surface area (Å²) in [6, 6.07) is 4.41. The van der Waals surface area contributed by atoms with Crippen LogP contribution in [0.3, 0.4) is 0 Å². The summed E-state index contributed by atoms with van der Waals surface area (Å²) in [5, 5.41) is 2.82. The molecule has 1 aromatic rings. The lowest BCUT2D eigenvalue weighted by atomic mass is 9.88. The van der Waals surface area contributed by atoms with Crippen molar-refractivity contribution in [1.29, 1.82) is 0 Å². The van der Waals surface area contributed by atoms with Crippen molar-refractivity contribution in [3.8, 4) is 0 Å². The highest BCUT2D eigenvalue weighted by Crippen LogP contribution is 2.48. The average Bonchev–Trinajstić information content (AvgIpc) is 3.23. The van der Waals surface area contributed by atoms with Gasteiger partial charge in [-0.3, -0.25) is 4.79 Å². The van der Waals surface area contributed by atoms with Crippen molar-refractivity contribution < 1.29 is 23.9 Å². The maximum absolute atomic E-state index is 12.6. The lowest BCUT2D eigenvalue weighted by Gasteiger charge is -2.21. The fourth-order valence-electron chi connectivity index (χ4n) is 3.97. The van der Waals surface area contributed by atoms with Gasteiger partial charge in [0.2, 0.25) is 5.91 Å². The van der Waals surface area contributed by atoms with Crippen molar-refractivity contribution in [1.82, 2.24) is 0 Å². The van der Waals surface area contributed by atoms with E-state index in [4.69, 9.17) is 9.47 Å². The summed E-state index contributed by atoms with van der Waals surface area (Å²) < 4.78 is 9.45. The van der Waals surface area contributed by atoms with Crippen LogP contribution in [-0.4, -0.2) is 32.1 Å². The van der Waals surface area contributed by atoms with Crippen molar-refractivity contribution in [2.75, 3.05) is 19.5 Å². The van der Waals surface area contributed by atoms with E-state index >= 15 is 0 Å². The van der Waals surface area contributed by atoms with Crippen LogP contribution in [0.15, 0.2) is 18.2 Å². The number of esters is 2. The topological polar surface area (TPSA) is 81.7 Å². The Bertz CT molecular complexity index is 684. The summed E-state index contributed by atoms with van der Waals surface area (Å²) in [5.41, 5.74) is 0.785. The van der Waals surface area contributed by atoms with E-state index < -0.39 is 11.9 Å². The third kappa shape index (κ3) is 3.00. The quantitative estimate of drug-likeness (QED) is 0.858. The highest BCUT2D eigenvalue weighted by atomic mass is 16.5. The number of anilines is 1. The Morgan fingerprint density at radius 1 is 1.04 bits per heavy atom. The summed E-state index contributed by atoms with van der Waals surface area (Å²) >= 11 is 0. The van der Waals surface area contributed by atoms with E-state index in [9.17, 15) is 14.4 Å². The first kappa shape index (κ1) is 16.5. The van der Waals surface area contributed by atoms with E-state index in [1.54, 1.807) is 0 Å². The number of ether oxygens (including phenoxy) is 2. The minimum absolute atomic E-state index is 0.0176. The third-order valence-corrected chi connectivity index (χ3v) is 5.18. The van der Waals surface area contributed by atoms with Crippen LogP contribution >= 0.6 is 0 Å². The van der Waals surface area contributed by atoms with E-state index in [-0.39, 0.29) is 28.6 Å². The van der Waals surface area contributed by atoms with Crippen LogP contribution in [0, 0.1) is 17.8 Å². The molecule has 3 rings (SSSR count). The van der Waals surface area contributed by atoms with Gasteiger partial charge in [0.15, 0.2) is 0 Å². The second kappa shape index (κ2) is 6.63. The molecule has 24 heavy (non-hydrogen) atoms.